The van der Waals surface area contributed by atoms with Gasteiger partial charge in [-0.25, -0.2) is 0 Å². The molecule has 33 heavy (non-hydrogen) atoms. The second-order valence-corrected chi connectivity index (χ2v) is 9.36. The molecule has 2 aliphatic rings. The summed E-state index contributed by atoms with van der Waals surface area (Å²) in [6, 6.07) is 19.3. The van der Waals surface area contributed by atoms with Crippen molar-refractivity contribution in [1.82, 2.24) is 20.4 Å². The number of nitrogens with one attached hydrogen (secondary N) is 1. The van der Waals surface area contributed by atoms with E-state index >= 15 is 0 Å². The number of hydrogen-bond acceptors (Lipinski definition) is 5. The molecule has 0 saturated heterocycles. The van der Waals surface area contributed by atoms with E-state index in [2.05, 4.69) is 15.5 Å². The fourth-order valence-corrected chi connectivity index (χ4v) is 4.96. The van der Waals surface area contributed by atoms with Gasteiger partial charge in [0.25, 0.3) is 0 Å². The van der Waals surface area contributed by atoms with Crippen molar-refractivity contribution in [3.8, 4) is 11.4 Å². The maximum Gasteiger partial charge on any atom is 0.232 e. The molecule has 3 aromatic rings. The molecule has 1 aromatic heterocycles. The molecular weight excluding hydrogens is 416 g/mol. The molecule has 0 unspecified atom stereocenters. The molecule has 0 radical (unpaired) electrons. The van der Waals surface area contributed by atoms with Crippen molar-refractivity contribution in [1.29, 1.82) is 0 Å². The van der Waals surface area contributed by atoms with Crippen molar-refractivity contribution >= 4 is 11.8 Å². The van der Waals surface area contributed by atoms with Gasteiger partial charge in [0.1, 0.15) is 0 Å². The average molecular weight is 445 g/mol. The highest BCUT2D eigenvalue weighted by Gasteiger charge is 2.53. The van der Waals surface area contributed by atoms with Crippen LogP contribution in [0.5, 0.6) is 0 Å². The highest BCUT2D eigenvalue weighted by Crippen LogP contribution is 2.49. The SMILES string of the molecule is CN(C)C(=O)[C@H]1C[C@H](NC(=O)C2(c3ccccc3)CC2)[C@H](c2nc(-c3ccccc3)no2)C1. The molecule has 0 bridgehead atoms. The lowest BCUT2D eigenvalue weighted by Gasteiger charge is -2.22. The van der Waals surface area contributed by atoms with Gasteiger partial charge < -0.3 is 14.7 Å². The highest BCUT2D eigenvalue weighted by atomic mass is 16.5. The minimum Gasteiger partial charge on any atom is -0.352 e. The fourth-order valence-electron chi connectivity index (χ4n) is 4.96. The molecule has 2 aromatic carbocycles. The summed E-state index contributed by atoms with van der Waals surface area (Å²) in [6.07, 6.45) is 2.79. The Labute approximate surface area is 193 Å². The van der Waals surface area contributed by atoms with Crippen LogP contribution in [0.1, 0.15) is 43.1 Å². The monoisotopic (exact) mass is 444 g/mol. The van der Waals surface area contributed by atoms with E-state index in [1.165, 1.54) is 0 Å². The van der Waals surface area contributed by atoms with Crippen molar-refractivity contribution in [2.75, 3.05) is 14.1 Å². The summed E-state index contributed by atoms with van der Waals surface area (Å²) in [6.45, 7) is 0. The van der Waals surface area contributed by atoms with Crippen LogP contribution in [0.15, 0.2) is 65.2 Å². The molecule has 2 saturated carbocycles. The Morgan fingerprint density at radius 3 is 2.30 bits per heavy atom. The van der Waals surface area contributed by atoms with Crippen molar-refractivity contribution in [3.63, 3.8) is 0 Å². The standard InChI is InChI=1S/C26H28N4O3/c1-30(2)24(31)18-15-20(23-28-22(29-33-23)17-9-5-3-6-10-17)21(16-18)27-25(32)26(13-14-26)19-11-7-4-8-12-19/h3-12,18,20-21H,13-16H2,1-2H3,(H,27,32)/t18-,20-,21+/m1/s1. The zero-order chi connectivity index (χ0) is 23.0. The van der Waals surface area contributed by atoms with Gasteiger partial charge in [0, 0.05) is 31.6 Å². The van der Waals surface area contributed by atoms with E-state index in [1.54, 1.807) is 19.0 Å². The number of nitrogens with zero attached hydrogens (tertiary/aromatic N) is 3. The first-order chi connectivity index (χ1) is 16.0. The van der Waals surface area contributed by atoms with E-state index in [9.17, 15) is 9.59 Å². The molecule has 0 spiro atoms. The topological polar surface area (TPSA) is 88.3 Å². The lowest BCUT2D eigenvalue weighted by atomic mass is 9.93. The van der Waals surface area contributed by atoms with Crippen molar-refractivity contribution in [2.24, 2.45) is 5.92 Å². The number of aromatic nitrogens is 2. The predicted octanol–water partition coefficient (Wildman–Crippen LogP) is 3.54. The van der Waals surface area contributed by atoms with Crippen LogP contribution in [0.25, 0.3) is 11.4 Å². The van der Waals surface area contributed by atoms with E-state index in [0.717, 1.165) is 24.0 Å². The fraction of sp³-hybridized carbons (Fsp3) is 0.385. The summed E-state index contributed by atoms with van der Waals surface area (Å²) in [5.41, 5.74) is 1.44. The van der Waals surface area contributed by atoms with Crippen LogP contribution in [0.3, 0.4) is 0 Å². The zero-order valence-corrected chi connectivity index (χ0v) is 18.9. The van der Waals surface area contributed by atoms with Gasteiger partial charge in [-0.15, -0.1) is 0 Å². The summed E-state index contributed by atoms with van der Waals surface area (Å²) < 4.78 is 5.65. The second kappa shape index (κ2) is 8.46. The van der Waals surface area contributed by atoms with Crippen LogP contribution >= 0.6 is 0 Å². The van der Waals surface area contributed by atoms with Gasteiger partial charge in [-0.05, 0) is 31.2 Å². The Kier molecular flexibility index (Phi) is 5.48. The number of carbonyl (C=O) groups excluding carboxylic acids is 2. The van der Waals surface area contributed by atoms with Crippen LogP contribution in [0.2, 0.25) is 0 Å². The lowest BCUT2D eigenvalue weighted by Crippen LogP contribution is -2.43. The second-order valence-electron chi connectivity index (χ2n) is 9.36. The number of amides is 2. The summed E-state index contributed by atoms with van der Waals surface area (Å²) >= 11 is 0. The van der Waals surface area contributed by atoms with Gasteiger partial charge in [0.15, 0.2) is 0 Å². The minimum atomic E-state index is -0.473. The van der Waals surface area contributed by atoms with Gasteiger partial charge in [-0.3, -0.25) is 9.59 Å². The van der Waals surface area contributed by atoms with E-state index in [-0.39, 0.29) is 29.7 Å². The molecule has 2 fully saturated rings. The number of benzene rings is 2. The minimum absolute atomic E-state index is 0.0180. The van der Waals surface area contributed by atoms with E-state index < -0.39 is 5.41 Å². The summed E-state index contributed by atoms with van der Waals surface area (Å²) in [4.78, 5) is 32.4. The molecule has 170 valence electrons. The number of hydrogen-bond donors (Lipinski definition) is 1. The van der Waals surface area contributed by atoms with Crippen LogP contribution in [0.4, 0.5) is 0 Å². The van der Waals surface area contributed by atoms with Crippen LogP contribution in [-0.4, -0.2) is 47.0 Å². The molecule has 1 heterocycles. The Morgan fingerprint density at radius 2 is 1.67 bits per heavy atom. The maximum atomic E-state index is 13.4. The maximum absolute atomic E-state index is 13.4. The zero-order valence-electron chi connectivity index (χ0n) is 18.9. The number of rotatable bonds is 6. The molecule has 0 aliphatic heterocycles. The molecule has 1 N–H and O–H groups in total. The van der Waals surface area contributed by atoms with E-state index in [4.69, 9.17) is 4.52 Å². The third kappa shape index (κ3) is 4.03. The first-order valence-electron chi connectivity index (χ1n) is 11.4. The Hall–Kier alpha value is -3.48. The summed E-state index contributed by atoms with van der Waals surface area (Å²) in [5, 5.41) is 7.43. The molecule has 3 atom stereocenters. The highest BCUT2D eigenvalue weighted by molar-refractivity contribution is 5.91. The first kappa shape index (κ1) is 21.4. The Bertz CT molecular complexity index is 1140. The van der Waals surface area contributed by atoms with Crippen molar-refractivity contribution in [3.05, 3.63) is 72.1 Å². The molecular formula is C26H28N4O3. The van der Waals surface area contributed by atoms with E-state index in [1.807, 2.05) is 60.7 Å². The first-order valence-corrected chi connectivity index (χ1v) is 11.4. The number of carbonyl (C=O) groups is 2. The quantitative estimate of drug-likeness (QED) is 0.628. The third-order valence-electron chi connectivity index (χ3n) is 6.97. The molecule has 7 heteroatoms. The third-order valence-corrected chi connectivity index (χ3v) is 6.97. The van der Waals surface area contributed by atoms with E-state index in [0.29, 0.717) is 24.6 Å². The van der Waals surface area contributed by atoms with Gasteiger partial charge >= 0.3 is 0 Å². The average Bonchev–Trinajstić information content (AvgIpc) is 3.33. The van der Waals surface area contributed by atoms with Crippen LogP contribution in [-0.2, 0) is 15.0 Å². The lowest BCUT2D eigenvalue weighted by molar-refractivity contribution is -0.133. The normalized spacial score (nSPS) is 23.2. The van der Waals surface area contributed by atoms with Crippen LogP contribution < -0.4 is 5.32 Å². The van der Waals surface area contributed by atoms with Crippen LogP contribution in [0, 0.1) is 5.92 Å². The summed E-state index contributed by atoms with van der Waals surface area (Å²) in [7, 11) is 3.52. The predicted molar refractivity (Wildman–Crippen MR) is 123 cm³/mol. The van der Waals surface area contributed by atoms with Crippen molar-refractivity contribution < 1.29 is 14.1 Å². The largest absolute Gasteiger partial charge is 0.352 e. The van der Waals surface area contributed by atoms with Gasteiger partial charge in [-0.2, -0.15) is 4.98 Å². The van der Waals surface area contributed by atoms with Gasteiger partial charge in [-0.1, -0.05) is 65.8 Å². The molecule has 7 nitrogen and oxygen atoms in total. The Balaban J connectivity index is 1.40. The smallest absolute Gasteiger partial charge is 0.232 e. The molecule has 2 aliphatic carbocycles. The van der Waals surface area contributed by atoms with Gasteiger partial charge in [0.2, 0.25) is 23.5 Å². The Morgan fingerprint density at radius 1 is 1.00 bits per heavy atom. The summed E-state index contributed by atoms with van der Waals surface area (Å²) in [5.74, 6) is 0.653. The van der Waals surface area contributed by atoms with Gasteiger partial charge in [0.05, 0.1) is 11.3 Å². The molecule has 2 amide bonds. The van der Waals surface area contributed by atoms with Crippen molar-refractivity contribution in [2.45, 2.75) is 43.1 Å². The molecule has 5 rings (SSSR count).